The average molecular weight is 324 g/mol. The van der Waals surface area contributed by atoms with E-state index in [1.54, 1.807) is 6.07 Å². The molecule has 1 aromatic carbocycles. The Kier molecular flexibility index (Phi) is 6.85. The van der Waals surface area contributed by atoms with Crippen LogP contribution in [-0.4, -0.2) is 24.8 Å². The number of rotatable bonds is 6. The molecule has 0 heterocycles. The van der Waals surface area contributed by atoms with Crippen LogP contribution in [0.4, 0.5) is 14.9 Å². The first-order chi connectivity index (χ1) is 10.6. The third-order valence-corrected chi connectivity index (χ3v) is 3.60. The molecule has 0 spiro atoms. The molecule has 1 atom stereocenters. The lowest BCUT2D eigenvalue weighted by atomic mass is 9.95. The molecule has 1 rings (SSSR count). The Labute approximate surface area is 138 Å². The van der Waals surface area contributed by atoms with E-state index >= 15 is 0 Å². The predicted molar refractivity (Wildman–Crippen MR) is 92.2 cm³/mol. The number of ether oxygens (including phenoxy) is 1. The van der Waals surface area contributed by atoms with Crippen molar-refractivity contribution in [2.24, 2.45) is 11.8 Å². The van der Waals surface area contributed by atoms with Crippen molar-refractivity contribution < 1.29 is 13.9 Å². The SMILES string of the molecule is Cc1ccc(F)cc1NCC(CNC(=O)OC(C)(C)C)C(C)C. The molecule has 0 bridgehead atoms. The van der Waals surface area contributed by atoms with Gasteiger partial charge in [0.15, 0.2) is 0 Å². The highest BCUT2D eigenvalue weighted by molar-refractivity contribution is 5.67. The van der Waals surface area contributed by atoms with Crippen LogP contribution in [0.15, 0.2) is 18.2 Å². The monoisotopic (exact) mass is 324 g/mol. The second kappa shape index (κ2) is 8.18. The Morgan fingerprint density at radius 3 is 2.48 bits per heavy atom. The third-order valence-electron chi connectivity index (χ3n) is 3.60. The second-order valence-electron chi connectivity index (χ2n) is 7.23. The minimum Gasteiger partial charge on any atom is -0.444 e. The molecule has 0 saturated carbocycles. The Morgan fingerprint density at radius 1 is 1.26 bits per heavy atom. The van der Waals surface area contributed by atoms with Gasteiger partial charge < -0.3 is 15.4 Å². The maximum atomic E-state index is 13.3. The van der Waals surface area contributed by atoms with Gasteiger partial charge in [-0.2, -0.15) is 0 Å². The van der Waals surface area contributed by atoms with Gasteiger partial charge in [0.2, 0.25) is 0 Å². The van der Waals surface area contributed by atoms with Crippen LogP contribution in [0.25, 0.3) is 0 Å². The lowest BCUT2D eigenvalue weighted by molar-refractivity contribution is 0.0516. The average Bonchev–Trinajstić information content (AvgIpc) is 2.40. The highest BCUT2D eigenvalue weighted by Gasteiger charge is 2.19. The highest BCUT2D eigenvalue weighted by atomic mass is 19.1. The molecule has 5 heteroatoms. The van der Waals surface area contributed by atoms with E-state index in [1.807, 2.05) is 27.7 Å². The molecule has 1 amide bonds. The van der Waals surface area contributed by atoms with Crippen LogP contribution in [0.5, 0.6) is 0 Å². The topological polar surface area (TPSA) is 50.4 Å². The number of nitrogens with one attached hydrogen (secondary N) is 2. The minimum absolute atomic E-state index is 0.213. The van der Waals surface area contributed by atoms with Crippen LogP contribution in [-0.2, 0) is 4.74 Å². The van der Waals surface area contributed by atoms with Crippen molar-refractivity contribution in [3.63, 3.8) is 0 Å². The van der Waals surface area contributed by atoms with Gasteiger partial charge in [-0.3, -0.25) is 0 Å². The first-order valence-electron chi connectivity index (χ1n) is 8.05. The van der Waals surface area contributed by atoms with Gasteiger partial charge in [0, 0.05) is 18.8 Å². The van der Waals surface area contributed by atoms with Crippen LogP contribution in [0.1, 0.15) is 40.2 Å². The van der Waals surface area contributed by atoms with Gasteiger partial charge in [-0.15, -0.1) is 0 Å². The zero-order valence-electron chi connectivity index (χ0n) is 15.0. The number of aryl methyl sites for hydroxylation is 1. The molecule has 0 saturated heterocycles. The smallest absolute Gasteiger partial charge is 0.407 e. The van der Waals surface area contributed by atoms with Crippen molar-refractivity contribution in [3.05, 3.63) is 29.6 Å². The van der Waals surface area contributed by atoms with Gasteiger partial charge in [-0.25, -0.2) is 9.18 Å². The van der Waals surface area contributed by atoms with Gasteiger partial charge in [0.1, 0.15) is 11.4 Å². The molecule has 0 radical (unpaired) electrons. The molecular weight excluding hydrogens is 295 g/mol. The summed E-state index contributed by atoms with van der Waals surface area (Å²) in [4.78, 5) is 11.8. The quantitative estimate of drug-likeness (QED) is 0.818. The summed E-state index contributed by atoms with van der Waals surface area (Å²) in [7, 11) is 0. The number of anilines is 1. The van der Waals surface area contributed by atoms with Gasteiger partial charge in [-0.05, 0) is 57.2 Å². The molecule has 1 aromatic rings. The molecule has 2 N–H and O–H groups in total. The fourth-order valence-corrected chi connectivity index (χ4v) is 2.10. The van der Waals surface area contributed by atoms with Crippen LogP contribution in [0, 0.1) is 24.6 Å². The van der Waals surface area contributed by atoms with Gasteiger partial charge >= 0.3 is 6.09 Å². The van der Waals surface area contributed by atoms with Crippen LogP contribution >= 0.6 is 0 Å². The van der Waals surface area contributed by atoms with E-state index in [1.165, 1.54) is 12.1 Å². The predicted octanol–water partition coefficient (Wildman–Crippen LogP) is 4.34. The largest absolute Gasteiger partial charge is 0.444 e. The standard InChI is InChI=1S/C18H29FN2O2/c1-12(2)14(11-21-17(22)23-18(4,5)6)10-20-16-9-15(19)8-7-13(16)3/h7-9,12,14,20H,10-11H2,1-6H3,(H,21,22). The van der Waals surface area contributed by atoms with Crippen molar-refractivity contribution >= 4 is 11.8 Å². The molecule has 0 aliphatic carbocycles. The summed E-state index contributed by atoms with van der Waals surface area (Å²) in [6.07, 6.45) is -0.412. The van der Waals surface area contributed by atoms with Crippen LogP contribution < -0.4 is 10.6 Å². The summed E-state index contributed by atoms with van der Waals surface area (Å²) < 4.78 is 18.6. The zero-order chi connectivity index (χ0) is 17.6. The molecule has 130 valence electrons. The van der Waals surface area contributed by atoms with Crippen molar-refractivity contribution in [2.45, 2.75) is 47.1 Å². The molecule has 1 unspecified atom stereocenters. The van der Waals surface area contributed by atoms with E-state index in [9.17, 15) is 9.18 Å². The number of hydrogen-bond acceptors (Lipinski definition) is 3. The third kappa shape index (κ3) is 7.35. The summed E-state index contributed by atoms with van der Waals surface area (Å²) in [5.74, 6) is 0.322. The lowest BCUT2D eigenvalue weighted by Crippen LogP contribution is -2.38. The number of carbonyl (C=O) groups excluding carboxylic acids is 1. The molecule has 0 aliphatic heterocycles. The maximum Gasteiger partial charge on any atom is 0.407 e. The van der Waals surface area contributed by atoms with Gasteiger partial charge in [-0.1, -0.05) is 19.9 Å². The van der Waals surface area contributed by atoms with Crippen LogP contribution in [0.3, 0.4) is 0 Å². The Bertz CT molecular complexity index is 524. The number of amides is 1. The molecule has 0 aliphatic rings. The van der Waals surface area contributed by atoms with Gasteiger partial charge in [0.05, 0.1) is 0 Å². The Balaban J connectivity index is 2.56. The fourth-order valence-electron chi connectivity index (χ4n) is 2.10. The van der Waals surface area contributed by atoms with E-state index in [0.29, 0.717) is 19.0 Å². The molecule has 23 heavy (non-hydrogen) atoms. The number of hydrogen-bond donors (Lipinski definition) is 2. The zero-order valence-corrected chi connectivity index (χ0v) is 15.0. The number of benzene rings is 1. The fraction of sp³-hybridized carbons (Fsp3) is 0.611. The summed E-state index contributed by atoms with van der Waals surface area (Å²) in [5, 5.41) is 6.08. The molecule has 0 aromatic heterocycles. The van der Waals surface area contributed by atoms with E-state index in [4.69, 9.17) is 4.74 Å². The highest BCUT2D eigenvalue weighted by Crippen LogP contribution is 2.18. The Morgan fingerprint density at radius 2 is 1.91 bits per heavy atom. The van der Waals surface area contributed by atoms with Crippen molar-refractivity contribution in [2.75, 3.05) is 18.4 Å². The summed E-state index contributed by atoms with van der Waals surface area (Å²) >= 11 is 0. The first kappa shape index (κ1) is 19.3. The summed E-state index contributed by atoms with van der Waals surface area (Å²) in [6, 6.07) is 4.69. The van der Waals surface area contributed by atoms with Crippen LogP contribution in [0.2, 0.25) is 0 Å². The summed E-state index contributed by atoms with van der Waals surface area (Å²) in [5.41, 5.74) is 1.27. The van der Waals surface area contributed by atoms with Crippen molar-refractivity contribution in [1.29, 1.82) is 0 Å². The molecule has 4 nitrogen and oxygen atoms in total. The number of halogens is 1. The molecule has 0 fully saturated rings. The lowest BCUT2D eigenvalue weighted by Gasteiger charge is -2.24. The van der Waals surface area contributed by atoms with E-state index < -0.39 is 11.7 Å². The second-order valence-corrected chi connectivity index (χ2v) is 7.23. The van der Waals surface area contributed by atoms with Crippen molar-refractivity contribution in [1.82, 2.24) is 5.32 Å². The van der Waals surface area contributed by atoms with Gasteiger partial charge in [0.25, 0.3) is 0 Å². The summed E-state index contributed by atoms with van der Waals surface area (Å²) in [6.45, 7) is 12.8. The minimum atomic E-state index is -0.506. The molecular formula is C18H29FN2O2. The maximum absolute atomic E-state index is 13.3. The van der Waals surface area contributed by atoms with E-state index in [2.05, 4.69) is 24.5 Å². The number of carbonyl (C=O) groups is 1. The van der Waals surface area contributed by atoms with E-state index in [0.717, 1.165) is 11.3 Å². The van der Waals surface area contributed by atoms with Crippen molar-refractivity contribution in [3.8, 4) is 0 Å². The number of alkyl carbamates (subject to hydrolysis) is 1. The Hall–Kier alpha value is -1.78. The van der Waals surface area contributed by atoms with E-state index in [-0.39, 0.29) is 11.7 Å². The first-order valence-corrected chi connectivity index (χ1v) is 8.05. The normalized spacial score (nSPS) is 12.9.